The number of rotatable bonds is 6. The second-order valence-corrected chi connectivity index (χ2v) is 7.47. The molecule has 3 aliphatic rings. The molecule has 22 heavy (non-hydrogen) atoms. The zero-order chi connectivity index (χ0) is 15.7. The predicted molar refractivity (Wildman–Crippen MR) is 82.9 cm³/mol. The Morgan fingerprint density at radius 2 is 1.77 bits per heavy atom. The van der Waals surface area contributed by atoms with Crippen LogP contribution in [0.4, 0.5) is 0 Å². The summed E-state index contributed by atoms with van der Waals surface area (Å²) in [7, 11) is 0. The van der Waals surface area contributed by atoms with Gasteiger partial charge in [0.15, 0.2) is 0 Å². The molecule has 4 atom stereocenters. The molecule has 0 aromatic rings. The van der Waals surface area contributed by atoms with Crippen LogP contribution in [-0.2, 0) is 9.59 Å². The molecule has 0 heterocycles. The van der Waals surface area contributed by atoms with Crippen LogP contribution in [-0.4, -0.2) is 35.1 Å². The highest BCUT2D eigenvalue weighted by Gasteiger charge is 2.37. The largest absolute Gasteiger partial charge is 0.391 e. The molecule has 5 nitrogen and oxygen atoms in total. The third kappa shape index (κ3) is 4.00. The maximum Gasteiger partial charge on any atom is 0.245 e. The Hall–Kier alpha value is -1.10. The summed E-state index contributed by atoms with van der Waals surface area (Å²) >= 11 is 0. The van der Waals surface area contributed by atoms with Crippen LogP contribution in [0.15, 0.2) is 0 Å². The molecule has 3 fully saturated rings. The number of aliphatic hydroxyl groups is 1. The van der Waals surface area contributed by atoms with Gasteiger partial charge < -0.3 is 15.7 Å². The quantitative estimate of drug-likeness (QED) is 0.693. The first-order valence-corrected chi connectivity index (χ1v) is 8.83. The third-order valence-corrected chi connectivity index (χ3v) is 5.36. The van der Waals surface area contributed by atoms with Crippen LogP contribution in [0.2, 0.25) is 0 Å². The van der Waals surface area contributed by atoms with E-state index in [4.69, 9.17) is 0 Å². The highest BCUT2D eigenvalue weighted by molar-refractivity contribution is 5.89. The Labute approximate surface area is 132 Å². The number of amides is 2. The van der Waals surface area contributed by atoms with Crippen molar-refractivity contribution >= 4 is 11.8 Å². The van der Waals surface area contributed by atoms with E-state index in [1.165, 1.54) is 25.7 Å². The predicted octanol–water partition coefficient (Wildman–Crippen LogP) is 1.35. The third-order valence-electron chi connectivity index (χ3n) is 5.36. The monoisotopic (exact) mass is 308 g/mol. The van der Waals surface area contributed by atoms with Crippen LogP contribution in [0, 0.1) is 17.8 Å². The lowest BCUT2D eigenvalue weighted by Crippen LogP contribution is -2.55. The Kier molecular flexibility index (Phi) is 4.71. The van der Waals surface area contributed by atoms with Gasteiger partial charge in [0.2, 0.25) is 11.8 Å². The second kappa shape index (κ2) is 6.57. The van der Waals surface area contributed by atoms with Crippen molar-refractivity contribution in [2.75, 3.05) is 0 Å². The lowest BCUT2D eigenvalue weighted by atomic mass is 9.82. The molecule has 3 saturated carbocycles. The fraction of sp³-hybridized carbons (Fsp3) is 0.882. The van der Waals surface area contributed by atoms with E-state index in [1.807, 2.05) is 0 Å². The van der Waals surface area contributed by atoms with Crippen molar-refractivity contribution in [3.8, 4) is 0 Å². The first-order valence-electron chi connectivity index (χ1n) is 8.83. The lowest BCUT2D eigenvalue weighted by molar-refractivity contribution is -0.132. The van der Waals surface area contributed by atoms with Crippen LogP contribution in [0.1, 0.15) is 58.3 Å². The van der Waals surface area contributed by atoms with Crippen molar-refractivity contribution in [2.45, 2.75) is 76.5 Å². The van der Waals surface area contributed by atoms with Gasteiger partial charge in [-0.1, -0.05) is 12.8 Å². The van der Waals surface area contributed by atoms with E-state index >= 15 is 0 Å². The molecule has 3 aliphatic carbocycles. The summed E-state index contributed by atoms with van der Waals surface area (Å²) in [5, 5.41) is 15.6. The van der Waals surface area contributed by atoms with Crippen molar-refractivity contribution < 1.29 is 14.7 Å². The molecule has 0 spiro atoms. The van der Waals surface area contributed by atoms with Gasteiger partial charge in [0.05, 0.1) is 6.10 Å². The molecule has 0 radical (unpaired) electrons. The average Bonchev–Trinajstić information content (AvgIpc) is 3.37. The van der Waals surface area contributed by atoms with Gasteiger partial charge in [0.25, 0.3) is 0 Å². The first kappa shape index (κ1) is 15.8. The molecule has 0 aliphatic heterocycles. The summed E-state index contributed by atoms with van der Waals surface area (Å²) in [5.41, 5.74) is 0. The first-order chi connectivity index (χ1) is 10.5. The molecule has 0 aromatic heterocycles. The van der Waals surface area contributed by atoms with Gasteiger partial charge in [-0.25, -0.2) is 0 Å². The second-order valence-electron chi connectivity index (χ2n) is 7.47. The van der Waals surface area contributed by atoms with E-state index in [9.17, 15) is 14.7 Å². The Morgan fingerprint density at radius 1 is 1.05 bits per heavy atom. The molecule has 0 saturated heterocycles. The van der Waals surface area contributed by atoms with Crippen LogP contribution < -0.4 is 10.6 Å². The van der Waals surface area contributed by atoms with Crippen molar-refractivity contribution in [2.24, 2.45) is 17.8 Å². The fourth-order valence-corrected chi connectivity index (χ4v) is 3.67. The van der Waals surface area contributed by atoms with Gasteiger partial charge >= 0.3 is 0 Å². The highest BCUT2D eigenvalue weighted by Crippen LogP contribution is 2.43. The minimum absolute atomic E-state index is 0.0444. The Morgan fingerprint density at radius 3 is 2.36 bits per heavy atom. The van der Waals surface area contributed by atoms with Gasteiger partial charge in [-0.2, -0.15) is 0 Å². The molecule has 3 rings (SSSR count). The number of hydrogen-bond donors (Lipinski definition) is 3. The van der Waals surface area contributed by atoms with Gasteiger partial charge in [-0.15, -0.1) is 0 Å². The fourth-order valence-electron chi connectivity index (χ4n) is 3.67. The van der Waals surface area contributed by atoms with Gasteiger partial charge in [-0.3, -0.25) is 9.59 Å². The molecule has 2 amide bonds. The zero-order valence-electron chi connectivity index (χ0n) is 13.4. The number of nitrogens with one attached hydrogen (secondary N) is 2. The molecule has 0 aromatic carbocycles. The summed E-state index contributed by atoms with van der Waals surface area (Å²) in [6, 6.07) is -0.625. The summed E-state index contributed by atoms with van der Waals surface area (Å²) < 4.78 is 0. The zero-order valence-corrected chi connectivity index (χ0v) is 13.4. The van der Waals surface area contributed by atoms with Gasteiger partial charge in [-0.05, 0) is 57.3 Å². The lowest BCUT2D eigenvalue weighted by Gasteiger charge is -2.31. The molecule has 124 valence electrons. The number of carbonyl (C=O) groups excluding carboxylic acids is 2. The summed E-state index contributed by atoms with van der Waals surface area (Å²) in [6.07, 6.45) is 8.13. The van der Waals surface area contributed by atoms with E-state index in [2.05, 4.69) is 10.6 Å². The normalized spacial score (nSPS) is 31.2. The van der Waals surface area contributed by atoms with Crippen molar-refractivity contribution in [1.29, 1.82) is 0 Å². The van der Waals surface area contributed by atoms with E-state index in [0.29, 0.717) is 0 Å². The number of carbonyl (C=O) groups is 2. The summed E-state index contributed by atoms with van der Waals surface area (Å²) in [4.78, 5) is 24.3. The van der Waals surface area contributed by atoms with Crippen LogP contribution in [0.5, 0.6) is 0 Å². The molecule has 3 N–H and O–H groups in total. The minimum Gasteiger partial charge on any atom is -0.391 e. The molecule has 5 heteroatoms. The van der Waals surface area contributed by atoms with Crippen molar-refractivity contribution in [3.05, 3.63) is 0 Å². The molecule has 0 unspecified atom stereocenters. The summed E-state index contributed by atoms with van der Waals surface area (Å²) in [6.45, 7) is 1.56. The molecular formula is C17H28N2O3. The summed E-state index contributed by atoms with van der Waals surface area (Å²) in [5.74, 6) is 1.35. The molecule has 0 bridgehead atoms. The number of hydrogen-bond acceptors (Lipinski definition) is 3. The Bertz CT molecular complexity index is 430. The van der Waals surface area contributed by atoms with Crippen LogP contribution >= 0.6 is 0 Å². The maximum atomic E-state index is 12.4. The van der Waals surface area contributed by atoms with Crippen LogP contribution in [0.3, 0.4) is 0 Å². The van der Waals surface area contributed by atoms with Gasteiger partial charge in [0, 0.05) is 12.0 Å². The van der Waals surface area contributed by atoms with Crippen molar-refractivity contribution in [3.63, 3.8) is 0 Å². The van der Waals surface area contributed by atoms with E-state index in [-0.39, 0.29) is 23.8 Å². The Balaban J connectivity index is 1.52. The van der Waals surface area contributed by atoms with E-state index in [0.717, 1.165) is 37.5 Å². The SMILES string of the molecule is C[C@H](O)[C@H](NC(=O)C1CC1)C(=O)N[C@@H]1CCC[C@H](C2CC2)C1. The highest BCUT2D eigenvalue weighted by atomic mass is 16.3. The topological polar surface area (TPSA) is 78.4 Å². The number of aliphatic hydroxyl groups excluding tert-OH is 1. The van der Waals surface area contributed by atoms with E-state index in [1.54, 1.807) is 6.92 Å². The van der Waals surface area contributed by atoms with E-state index < -0.39 is 12.1 Å². The maximum absolute atomic E-state index is 12.4. The van der Waals surface area contributed by atoms with Gasteiger partial charge in [0.1, 0.15) is 6.04 Å². The average molecular weight is 308 g/mol. The smallest absolute Gasteiger partial charge is 0.245 e. The van der Waals surface area contributed by atoms with Crippen molar-refractivity contribution in [1.82, 2.24) is 10.6 Å². The minimum atomic E-state index is -0.870. The standard InChI is InChI=1S/C17H28N2O3/c1-10(20)15(19-16(21)12-7-8-12)17(22)18-14-4-2-3-13(9-14)11-5-6-11/h10-15,20H,2-9H2,1H3,(H,18,22)(H,19,21)/t10-,13-,14+,15-/m0/s1. The van der Waals surface area contributed by atoms with Crippen LogP contribution in [0.25, 0.3) is 0 Å². The molecular weight excluding hydrogens is 280 g/mol.